The van der Waals surface area contributed by atoms with Crippen molar-refractivity contribution in [3.63, 3.8) is 0 Å². The van der Waals surface area contributed by atoms with Crippen LogP contribution in [0.15, 0.2) is 53.4 Å². The number of rotatable bonds is 10. The molecule has 1 amide bonds. The minimum atomic E-state index is -4.02. The molecule has 2 aromatic rings. The Hall–Kier alpha value is -2.74. The van der Waals surface area contributed by atoms with Crippen LogP contribution < -0.4 is 19.1 Å². The number of hydrogen-bond acceptors (Lipinski definition) is 5. The molecule has 0 atom stereocenters. The van der Waals surface area contributed by atoms with Gasteiger partial charge in [-0.3, -0.25) is 9.10 Å². The third-order valence-corrected chi connectivity index (χ3v) is 6.39. The molecule has 2 aromatic carbocycles. The first-order chi connectivity index (χ1) is 13.9. The molecule has 0 fully saturated rings. The van der Waals surface area contributed by atoms with Crippen molar-refractivity contribution in [1.82, 2.24) is 5.32 Å². The third kappa shape index (κ3) is 5.41. The van der Waals surface area contributed by atoms with E-state index < -0.39 is 10.0 Å². The summed E-state index contributed by atoms with van der Waals surface area (Å²) in [7, 11) is -1.11. The lowest BCUT2D eigenvalue weighted by Crippen LogP contribution is -2.44. The number of ether oxygens (including phenoxy) is 2. The molecular weight excluding hydrogens is 392 g/mol. The van der Waals surface area contributed by atoms with Crippen LogP contribution in [0.1, 0.15) is 26.7 Å². The molecule has 158 valence electrons. The molecule has 0 aliphatic rings. The Morgan fingerprint density at radius 1 is 1.00 bits per heavy atom. The van der Waals surface area contributed by atoms with Crippen LogP contribution in [0.25, 0.3) is 0 Å². The molecule has 0 aliphatic carbocycles. The van der Waals surface area contributed by atoms with Gasteiger partial charge in [0.05, 0.1) is 24.8 Å². The van der Waals surface area contributed by atoms with E-state index in [2.05, 4.69) is 5.32 Å². The van der Waals surface area contributed by atoms with Gasteiger partial charge in [0.15, 0.2) is 11.5 Å². The molecule has 0 heterocycles. The highest BCUT2D eigenvalue weighted by Crippen LogP contribution is 2.32. The van der Waals surface area contributed by atoms with E-state index in [1.165, 1.54) is 32.4 Å². The molecule has 0 unspecified atom stereocenters. The molecule has 0 aliphatic heterocycles. The van der Waals surface area contributed by atoms with Gasteiger partial charge in [-0.1, -0.05) is 32.0 Å². The molecule has 7 nitrogen and oxygen atoms in total. The smallest absolute Gasteiger partial charge is 0.264 e. The Labute approximate surface area is 172 Å². The number of carbonyl (C=O) groups is 1. The van der Waals surface area contributed by atoms with E-state index >= 15 is 0 Å². The van der Waals surface area contributed by atoms with Crippen LogP contribution in [-0.4, -0.2) is 41.1 Å². The van der Waals surface area contributed by atoms with Gasteiger partial charge in [0.2, 0.25) is 5.91 Å². The molecule has 0 saturated carbocycles. The first-order valence-corrected chi connectivity index (χ1v) is 10.9. The molecule has 0 spiro atoms. The zero-order valence-corrected chi connectivity index (χ0v) is 18.0. The SMILES string of the molecule is CCC(CC)NC(=O)CN(c1ccccc1)S(=O)(=O)c1ccc(OC)c(OC)c1. The largest absolute Gasteiger partial charge is 0.493 e. The van der Waals surface area contributed by atoms with Gasteiger partial charge in [-0.25, -0.2) is 8.42 Å². The van der Waals surface area contributed by atoms with Crippen molar-refractivity contribution in [3.05, 3.63) is 48.5 Å². The fourth-order valence-corrected chi connectivity index (χ4v) is 4.35. The molecule has 0 radical (unpaired) electrons. The second-order valence-electron chi connectivity index (χ2n) is 6.44. The van der Waals surface area contributed by atoms with Crippen LogP contribution in [0.4, 0.5) is 5.69 Å². The molecule has 2 rings (SSSR count). The van der Waals surface area contributed by atoms with Gasteiger partial charge in [-0.05, 0) is 37.1 Å². The van der Waals surface area contributed by atoms with Crippen molar-refractivity contribution in [2.75, 3.05) is 25.1 Å². The van der Waals surface area contributed by atoms with Gasteiger partial charge in [-0.15, -0.1) is 0 Å². The van der Waals surface area contributed by atoms with Crippen molar-refractivity contribution in [1.29, 1.82) is 0 Å². The van der Waals surface area contributed by atoms with Gasteiger partial charge >= 0.3 is 0 Å². The third-order valence-electron chi connectivity index (χ3n) is 4.63. The van der Waals surface area contributed by atoms with Crippen LogP contribution in [0, 0.1) is 0 Å². The summed E-state index contributed by atoms with van der Waals surface area (Å²) in [5.41, 5.74) is 0.405. The van der Waals surface area contributed by atoms with Gasteiger partial charge in [0.1, 0.15) is 6.54 Å². The maximum absolute atomic E-state index is 13.4. The van der Waals surface area contributed by atoms with Crippen molar-refractivity contribution in [2.45, 2.75) is 37.6 Å². The molecular formula is C21H28N2O5S. The Bertz CT molecular complexity index is 912. The second-order valence-corrected chi connectivity index (χ2v) is 8.31. The zero-order valence-electron chi connectivity index (χ0n) is 17.2. The standard InChI is InChI=1S/C21H28N2O5S/c1-5-16(6-2)22-21(24)15-23(17-10-8-7-9-11-17)29(25,26)18-12-13-19(27-3)20(14-18)28-4/h7-14,16H,5-6,15H2,1-4H3,(H,22,24). The summed E-state index contributed by atoms with van der Waals surface area (Å²) < 4.78 is 38.3. The Morgan fingerprint density at radius 3 is 2.17 bits per heavy atom. The van der Waals surface area contributed by atoms with E-state index in [-0.39, 0.29) is 23.4 Å². The average molecular weight is 421 g/mol. The summed E-state index contributed by atoms with van der Waals surface area (Å²) >= 11 is 0. The second kappa shape index (κ2) is 10.2. The quantitative estimate of drug-likeness (QED) is 0.638. The van der Waals surface area contributed by atoms with E-state index in [9.17, 15) is 13.2 Å². The van der Waals surface area contributed by atoms with Crippen molar-refractivity contribution >= 4 is 21.6 Å². The predicted molar refractivity (Wildman–Crippen MR) is 113 cm³/mol. The Balaban J connectivity index is 2.44. The first kappa shape index (κ1) is 22.5. The number of methoxy groups -OCH3 is 2. The van der Waals surface area contributed by atoms with Gasteiger partial charge in [0.25, 0.3) is 10.0 Å². The lowest BCUT2D eigenvalue weighted by atomic mass is 10.2. The lowest BCUT2D eigenvalue weighted by Gasteiger charge is -2.25. The van der Waals surface area contributed by atoms with Crippen molar-refractivity contribution < 1.29 is 22.7 Å². The molecule has 0 bridgehead atoms. The Morgan fingerprint density at radius 2 is 1.62 bits per heavy atom. The topological polar surface area (TPSA) is 84.9 Å². The monoisotopic (exact) mass is 420 g/mol. The zero-order chi connectivity index (χ0) is 21.4. The van der Waals surface area contributed by atoms with E-state index in [0.29, 0.717) is 17.2 Å². The fraction of sp³-hybridized carbons (Fsp3) is 0.381. The normalized spacial score (nSPS) is 11.2. The highest BCUT2D eigenvalue weighted by molar-refractivity contribution is 7.92. The summed E-state index contributed by atoms with van der Waals surface area (Å²) in [6.07, 6.45) is 1.55. The summed E-state index contributed by atoms with van der Waals surface area (Å²) in [6.45, 7) is 3.63. The number of nitrogens with zero attached hydrogens (tertiary/aromatic N) is 1. The summed E-state index contributed by atoms with van der Waals surface area (Å²) in [4.78, 5) is 12.6. The maximum Gasteiger partial charge on any atom is 0.264 e. The van der Waals surface area contributed by atoms with Gasteiger partial charge in [0, 0.05) is 12.1 Å². The molecule has 0 saturated heterocycles. The predicted octanol–water partition coefficient (Wildman–Crippen LogP) is 3.20. The maximum atomic E-state index is 13.4. The summed E-state index contributed by atoms with van der Waals surface area (Å²) in [6, 6.07) is 12.9. The van der Waals surface area contributed by atoms with Gasteiger partial charge < -0.3 is 14.8 Å². The highest BCUT2D eigenvalue weighted by Gasteiger charge is 2.28. The minimum absolute atomic E-state index is 0.00362. The minimum Gasteiger partial charge on any atom is -0.493 e. The van der Waals surface area contributed by atoms with Crippen LogP contribution in [0.3, 0.4) is 0 Å². The van der Waals surface area contributed by atoms with E-state index in [1.54, 1.807) is 30.3 Å². The van der Waals surface area contributed by atoms with Crippen LogP contribution in [-0.2, 0) is 14.8 Å². The average Bonchev–Trinajstić information content (AvgIpc) is 2.75. The Kier molecular flexibility index (Phi) is 7.90. The number of benzene rings is 2. The summed E-state index contributed by atoms with van der Waals surface area (Å²) in [5.74, 6) is 0.360. The lowest BCUT2D eigenvalue weighted by molar-refractivity contribution is -0.120. The van der Waals surface area contributed by atoms with Gasteiger partial charge in [-0.2, -0.15) is 0 Å². The number of hydrogen-bond donors (Lipinski definition) is 1. The fourth-order valence-electron chi connectivity index (χ4n) is 2.91. The van der Waals surface area contributed by atoms with Crippen molar-refractivity contribution in [3.8, 4) is 11.5 Å². The number of anilines is 1. The molecule has 0 aromatic heterocycles. The highest BCUT2D eigenvalue weighted by atomic mass is 32.2. The molecule has 1 N–H and O–H groups in total. The van der Waals surface area contributed by atoms with E-state index in [1.807, 2.05) is 13.8 Å². The molecule has 8 heteroatoms. The molecule has 29 heavy (non-hydrogen) atoms. The van der Waals surface area contributed by atoms with E-state index in [4.69, 9.17) is 9.47 Å². The van der Waals surface area contributed by atoms with Crippen LogP contribution in [0.2, 0.25) is 0 Å². The first-order valence-electron chi connectivity index (χ1n) is 9.46. The number of nitrogens with one attached hydrogen (secondary N) is 1. The van der Waals surface area contributed by atoms with Crippen molar-refractivity contribution in [2.24, 2.45) is 0 Å². The van der Waals surface area contributed by atoms with Crippen LogP contribution >= 0.6 is 0 Å². The number of amides is 1. The van der Waals surface area contributed by atoms with E-state index in [0.717, 1.165) is 17.1 Å². The van der Waals surface area contributed by atoms with Crippen LogP contribution in [0.5, 0.6) is 11.5 Å². The number of carbonyl (C=O) groups excluding carboxylic acids is 1. The number of sulfonamides is 1. The number of para-hydroxylation sites is 1. The summed E-state index contributed by atoms with van der Waals surface area (Å²) in [5, 5.41) is 2.89.